The van der Waals surface area contributed by atoms with E-state index in [4.69, 9.17) is 0 Å². The third kappa shape index (κ3) is 3.38. The molecule has 3 rings (SSSR count). The summed E-state index contributed by atoms with van der Waals surface area (Å²) in [5, 5.41) is 9.20. The van der Waals surface area contributed by atoms with Gasteiger partial charge >= 0.3 is 5.97 Å². The summed E-state index contributed by atoms with van der Waals surface area (Å²) in [6.07, 6.45) is 4.38. The van der Waals surface area contributed by atoms with Crippen LogP contribution in [0.4, 0.5) is 4.39 Å². The van der Waals surface area contributed by atoms with Crippen molar-refractivity contribution in [3.63, 3.8) is 0 Å². The number of carbonyl (C=O) groups is 2. The van der Waals surface area contributed by atoms with Crippen LogP contribution in [0.1, 0.15) is 50.1 Å². The number of halogens is 1. The summed E-state index contributed by atoms with van der Waals surface area (Å²) in [4.78, 5) is 25.9. The lowest BCUT2D eigenvalue weighted by atomic mass is 9.80. The Morgan fingerprint density at radius 3 is 2.65 bits per heavy atom. The zero-order valence-corrected chi connectivity index (χ0v) is 13.1. The van der Waals surface area contributed by atoms with E-state index >= 15 is 0 Å². The Hall–Kier alpha value is -1.91. The molecule has 2 aliphatic rings. The molecule has 23 heavy (non-hydrogen) atoms. The highest BCUT2D eigenvalue weighted by Crippen LogP contribution is 2.37. The summed E-state index contributed by atoms with van der Waals surface area (Å²) in [6, 6.07) is 6.36. The standard InChI is InChI=1S/C18H22FNO3/c19-15-7-2-4-12(11-15)16-8-3-9-20(16)17(21)13-5-1-6-14(10-13)18(22)23/h2,4,7,11,13-14,16H,1,3,5-6,8-10H2,(H,22,23). The lowest BCUT2D eigenvalue weighted by Gasteiger charge is -2.32. The maximum Gasteiger partial charge on any atom is 0.306 e. The zero-order chi connectivity index (χ0) is 16.4. The van der Waals surface area contributed by atoms with Gasteiger partial charge in [0.2, 0.25) is 5.91 Å². The van der Waals surface area contributed by atoms with E-state index in [2.05, 4.69) is 0 Å². The highest BCUT2D eigenvalue weighted by Gasteiger charge is 2.37. The van der Waals surface area contributed by atoms with Crippen LogP contribution in [-0.4, -0.2) is 28.4 Å². The molecule has 0 radical (unpaired) electrons. The number of aliphatic carboxylic acids is 1. The number of hydrogen-bond acceptors (Lipinski definition) is 2. The van der Waals surface area contributed by atoms with Crippen LogP contribution in [0.5, 0.6) is 0 Å². The van der Waals surface area contributed by atoms with Gasteiger partial charge in [-0.25, -0.2) is 4.39 Å². The van der Waals surface area contributed by atoms with Crippen LogP contribution in [0.15, 0.2) is 24.3 Å². The second-order valence-electron chi connectivity index (χ2n) is 6.64. The second-order valence-corrected chi connectivity index (χ2v) is 6.64. The number of amides is 1. The summed E-state index contributed by atoms with van der Waals surface area (Å²) in [7, 11) is 0. The van der Waals surface area contributed by atoms with Crippen molar-refractivity contribution >= 4 is 11.9 Å². The number of carboxylic acid groups (broad SMARTS) is 1. The van der Waals surface area contributed by atoms with Crippen molar-refractivity contribution < 1.29 is 19.1 Å². The molecule has 1 N–H and O–H groups in total. The van der Waals surface area contributed by atoms with Gasteiger partial charge in [0.05, 0.1) is 12.0 Å². The van der Waals surface area contributed by atoms with Crippen LogP contribution in [0.2, 0.25) is 0 Å². The molecule has 1 amide bonds. The van der Waals surface area contributed by atoms with Gasteiger partial charge in [-0.1, -0.05) is 18.6 Å². The van der Waals surface area contributed by atoms with Crippen molar-refractivity contribution in [2.75, 3.05) is 6.54 Å². The van der Waals surface area contributed by atoms with E-state index in [0.717, 1.165) is 31.2 Å². The maximum atomic E-state index is 13.5. The Morgan fingerprint density at radius 2 is 1.91 bits per heavy atom. The second kappa shape index (κ2) is 6.69. The minimum absolute atomic E-state index is 0.0442. The fourth-order valence-corrected chi connectivity index (χ4v) is 3.96. The summed E-state index contributed by atoms with van der Waals surface area (Å²) in [5.74, 6) is -1.66. The smallest absolute Gasteiger partial charge is 0.306 e. The summed E-state index contributed by atoms with van der Waals surface area (Å²) < 4.78 is 13.5. The molecule has 2 fully saturated rings. The number of carboxylic acids is 1. The average molecular weight is 319 g/mol. The number of benzene rings is 1. The van der Waals surface area contributed by atoms with E-state index in [1.54, 1.807) is 6.07 Å². The van der Waals surface area contributed by atoms with Gasteiger partial charge in [-0.2, -0.15) is 0 Å². The van der Waals surface area contributed by atoms with E-state index in [9.17, 15) is 19.1 Å². The minimum atomic E-state index is -0.800. The van der Waals surface area contributed by atoms with Gasteiger partial charge in [-0.3, -0.25) is 9.59 Å². The Bertz CT molecular complexity index is 604. The van der Waals surface area contributed by atoms with Crippen molar-refractivity contribution in [3.05, 3.63) is 35.6 Å². The van der Waals surface area contributed by atoms with Gasteiger partial charge in [-0.15, -0.1) is 0 Å². The van der Waals surface area contributed by atoms with E-state index < -0.39 is 11.9 Å². The number of carbonyl (C=O) groups excluding carboxylic acids is 1. The monoisotopic (exact) mass is 319 g/mol. The molecule has 1 aromatic rings. The Labute approximate surface area is 135 Å². The Balaban J connectivity index is 1.74. The molecule has 4 nitrogen and oxygen atoms in total. The molecule has 5 heteroatoms. The summed E-state index contributed by atoms with van der Waals surface area (Å²) in [5.41, 5.74) is 0.835. The lowest BCUT2D eigenvalue weighted by molar-refractivity contribution is -0.145. The highest BCUT2D eigenvalue weighted by molar-refractivity contribution is 5.81. The van der Waals surface area contributed by atoms with E-state index in [0.29, 0.717) is 19.4 Å². The molecular formula is C18H22FNO3. The molecule has 0 spiro atoms. The normalized spacial score (nSPS) is 27.9. The van der Waals surface area contributed by atoms with Gasteiger partial charge in [0.15, 0.2) is 0 Å². The fourth-order valence-electron chi connectivity index (χ4n) is 3.96. The molecule has 1 aliphatic heterocycles. The fraction of sp³-hybridized carbons (Fsp3) is 0.556. The molecule has 1 heterocycles. The molecule has 0 aromatic heterocycles. The largest absolute Gasteiger partial charge is 0.481 e. The third-order valence-corrected chi connectivity index (χ3v) is 5.14. The molecule has 1 aromatic carbocycles. The molecule has 3 unspecified atom stereocenters. The predicted octanol–water partition coefficient (Wildman–Crippen LogP) is 3.38. The molecule has 124 valence electrons. The Morgan fingerprint density at radius 1 is 1.13 bits per heavy atom. The molecule has 1 saturated heterocycles. The molecule has 0 bridgehead atoms. The van der Waals surface area contributed by atoms with Crippen molar-refractivity contribution in [1.29, 1.82) is 0 Å². The van der Waals surface area contributed by atoms with Gasteiger partial charge in [0.25, 0.3) is 0 Å². The van der Waals surface area contributed by atoms with Crippen molar-refractivity contribution in [2.45, 2.75) is 44.6 Å². The first-order valence-electron chi connectivity index (χ1n) is 8.35. The van der Waals surface area contributed by atoms with Crippen LogP contribution in [0.25, 0.3) is 0 Å². The number of hydrogen-bond donors (Lipinski definition) is 1. The van der Waals surface area contributed by atoms with E-state index in [1.807, 2.05) is 11.0 Å². The first-order chi connectivity index (χ1) is 11.1. The SMILES string of the molecule is O=C(O)C1CCCC(C(=O)N2CCCC2c2cccc(F)c2)C1. The molecule has 1 aliphatic carbocycles. The van der Waals surface area contributed by atoms with Crippen molar-refractivity contribution in [1.82, 2.24) is 4.90 Å². The molecule has 1 saturated carbocycles. The first kappa shape index (κ1) is 16.0. The summed E-state index contributed by atoms with van der Waals surface area (Å²) >= 11 is 0. The first-order valence-corrected chi connectivity index (χ1v) is 8.35. The van der Waals surface area contributed by atoms with Gasteiger partial charge in [0, 0.05) is 12.5 Å². The van der Waals surface area contributed by atoms with E-state index in [-0.39, 0.29) is 23.7 Å². The third-order valence-electron chi connectivity index (χ3n) is 5.14. The van der Waals surface area contributed by atoms with Crippen LogP contribution < -0.4 is 0 Å². The predicted molar refractivity (Wildman–Crippen MR) is 83.2 cm³/mol. The molecular weight excluding hydrogens is 297 g/mol. The topological polar surface area (TPSA) is 57.6 Å². The molecule has 3 atom stereocenters. The number of likely N-dealkylation sites (tertiary alicyclic amines) is 1. The van der Waals surface area contributed by atoms with Crippen molar-refractivity contribution in [2.24, 2.45) is 11.8 Å². The van der Waals surface area contributed by atoms with Crippen LogP contribution in [0.3, 0.4) is 0 Å². The minimum Gasteiger partial charge on any atom is -0.481 e. The van der Waals surface area contributed by atoms with Gasteiger partial charge in [0.1, 0.15) is 5.82 Å². The zero-order valence-electron chi connectivity index (χ0n) is 13.1. The van der Waals surface area contributed by atoms with E-state index in [1.165, 1.54) is 12.1 Å². The number of nitrogens with zero attached hydrogens (tertiary/aromatic N) is 1. The Kier molecular flexibility index (Phi) is 4.64. The highest BCUT2D eigenvalue weighted by atomic mass is 19.1. The lowest BCUT2D eigenvalue weighted by Crippen LogP contribution is -2.38. The number of rotatable bonds is 3. The van der Waals surface area contributed by atoms with Crippen LogP contribution >= 0.6 is 0 Å². The quantitative estimate of drug-likeness (QED) is 0.929. The van der Waals surface area contributed by atoms with Crippen molar-refractivity contribution in [3.8, 4) is 0 Å². The van der Waals surface area contributed by atoms with Crippen LogP contribution in [-0.2, 0) is 9.59 Å². The van der Waals surface area contributed by atoms with Crippen LogP contribution in [0, 0.1) is 17.7 Å². The summed E-state index contributed by atoms with van der Waals surface area (Å²) in [6.45, 7) is 0.675. The average Bonchev–Trinajstić information content (AvgIpc) is 3.04. The maximum absolute atomic E-state index is 13.5. The van der Waals surface area contributed by atoms with Gasteiger partial charge in [-0.05, 0) is 49.8 Å². The van der Waals surface area contributed by atoms with Gasteiger partial charge < -0.3 is 10.0 Å².